The number of hydrogen-bond donors (Lipinski definition) is 0. The Kier molecular flexibility index (Phi) is 5.38. The van der Waals surface area contributed by atoms with Gasteiger partial charge in [0.2, 0.25) is 0 Å². The van der Waals surface area contributed by atoms with Gasteiger partial charge in [0.15, 0.2) is 0 Å². The number of thiophene rings is 1. The van der Waals surface area contributed by atoms with Crippen LogP contribution < -0.4 is 0 Å². The van der Waals surface area contributed by atoms with Crippen LogP contribution in [0.15, 0.2) is 21.7 Å². The second kappa shape index (κ2) is 6.83. The van der Waals surface area contributed by atoms with E-state index < -0.39 is 10.0 Å². The molecule has 0 radical (unpaired) electrons. The van der Waals surface area contributed by atoms with E-state index in [1.54, 1.807) is 16.4 Å². The van der Waals surface area contributed by atoms with E-state index in [1.807, 2.05) is 5.38 Å². The molecule has 1 aliphatic rings. The van der Waals surface area contributed by atoms with Crippen LogP contribution in [0.25, 0.3) is 0 Å². The molecule has 0 atom stereocenters. The highest BCUT2D eigenvalue weighted by Crippen LogP contribution is 2.22. The zero-order chi connectivity index (χ0) is 13.7. The molecule has 1 aromatic rings. The maximum Gasteiger partial charge on any atom is 0.252 e. The fourth-order valence-electron chi connectivity index (χ4n) is 2.32. The third-order valence-corrected chi connectivity index (χ3v) is 6.77. The van der Waals surface area contributed by atoms with Crippen molar-refractivity contribution in [3.05, 3.63) is 17.5 Å². The normalized spacial score (nSPS) is 18.8. The molecule has 1 aromatic heterocycles. The van der Waals surface area contributed by atoms with Crippen LogP contribution >= 0.6 is 11.3 Å². The molecule has 19 heavy (non-hydrogen) atoms. The lowest BCUT2D eigenvalue weighted by Gasteiger charge is -2.33. The molecular weight excluding hydrogens is 280 g/mol. The van der Waals surface area contributed by atoms with Crippen LogP contribution in [0.2, 0.25) is 0 Å². The van der Waals surface area contributed by atoms with E-state index in [1.165, 1.54) is 30.6 Å². The Labute approximate surface area is 120 Å². The molecule has 2 rings (SSSR count). The number of nitrogens with zero attached hydrogens (tertiary/aromatic N) is 2. The first-order valence-electron chi connectivity index (χ1n) is 6.90. The maximum absolute atomic E-state index is 12.3. The van der Waals surface area contributed by atoms with Crippen LogP contribution in [0.1, 0.15) is 26.2 Å². The Morgan fingerprint density at radius 3 is 2.53 bits per heavy atom. The molecule has 0 aliphatic carbocycles. The predicted molar refractivity (Wildman–Crippen MR) is 79.0 cm³/mol. The smallest absolute Gasteiger partial charge is 0.252 e. The van der Waals surface area contributed by atoms with Gasteiger partial charge in [0.05, 0.1) is 0 Å². The minimum absolute atomic E-state index is 0.465. The SMILES string of the molecule is CCCCCN1CCN(S(=O)(=O)c2cccs2)CC1. The molecule has 6 heteroatoms. The maximum atomic E-state index is 12.3. The largest absolute Gasteiger partial charge is 0.301 e. The minimum Gasteiger partial charge on any atom is -0.301 e. The molecule has 0 bridgehead atoms. The van der Waals surface area contributed by atoms with Gasteiger partial charge in [-0.2, -0.15) is 4.31 Å². The van der Waals surface area contributed by atoms with Crippen molar-refractivity contribution < 1.29 is 8.42 Å². The van der Waals surface area contributed by atoms with Gasteiger partial charge in [-0.25, -0.2) is 8.42 Å². The van der Waals surface area contributed by atoms with Gasteiger partial charge < -0.3 is 4.90 Å². The standard InChI is InChI=1S/C13H22N2O2S2/c1-2-3-4-7-14-8-10-15(11-9-14)19(16,17)13-6-5-12-18-13/h5-6,12H,2-4,7-11H2,1H3. The van der Waals surface area contributed by atoms with E-state index in [-0.39, 0.29) is 0 Å². The van der Waals surface area contributed by atoms with Crippen LogP contribution in [-0.4, -0.2) is 50.3 Å². The zero-order valence-electron chi connectivity index (χ0n) is 11.4. The molecule has 0 aromatic carbocycles. The molecule has 0 spiro atoms. The number of piperazine rings is 1. The predicted octanol–water partition coefficient (Wildman–Crippen LogP) is 2.24. The summed E-state index contributed by atoms with van der Waals surface area (Å²) >= 11 is 1.30. The summed E-state index contributed by atoms with van der Waals surface area (Å²) in [5, 5.41) is 1.81. The van der Waals surface area contributed by atoms with Crippen LogP contribution in [0.4, 0.5) is 0 Å². The van der Waals surface area contributed by atoms with Gasteiger partial charge in [-0.15, -0.1) is 11.3 Å². The van der Waals surface area contributed by atoms with Gasteiger partial charge in [0, 0.05) is 26.2 Å². The average Bonchev–Trinajstić information content (AvgIpc) is 2.94. The van der Waals surface area contributed by atoms with Crippen molar-refractivity contribution >= 4 is 21.4 Å². The molecule has 0 amide bonds. The van der Waals surface area contributed by atoms with Gasteiger partial charge >= 0.3 is 0 Å². The van der Waals surface area contributed by atoms with Crippen molar-refractivity contribution in [3.63, 3.8) is 0 Å². The number of unbranched alkanes of at least 4 members (excludes halogenated alkanes) is 2. The third kappa shape index (κ3) is 3.78. The van der Waals surface area contributed by atoms with Gasteiger partial charge in [-0.1, -0.05) is 25.8 Å². The van der Waals surface area contributed by atoms with Gasteiger partial charge in [0.1, 0.15) is 4.21 Å². The summed E-state index contributed by atoms with van der Waals surface area (Å²) in [6.45, 7) is 6.24. The van der Waals surface area contributed by atoms with Gasteiger partial charge in [-0.3, -0.25) is 0 Å². The zero-order valence-corrected chi connectivity index (χ0v) is 13.0. The molecule has 0 N–H and O–H groups in total. The summed E-state index contributed by atoms with van der Waals surface area (Å²) < 4.78 is 26.8. The molecule has 1 fully saturated rings. The van der Waals surface area contributed by atoms with Crippen LogP contribution in [0.3, 0.4) is 0 Å². The average molecular weight is 302 g/mol. The number of hydrogen-bond acceptors (Lipinski definition) is 4. The van der Waals surface area contributed by atoms with E-state index in [2.05, 4.69) is 11.8 Å². The van der Waals surface area contributed by atoms with E-state index >= 15 is 0 Å². The molecule has 2 heterocycles. The lowest BCUT2D eigenvalue weighted by atomic mass is 10.2. The van der Waals surface area contributed by atoms with Crippen molar-refractivity contribution in [2.24, 2.45) is 0 Å². The highest BCUT2D eigenvalue weighted by Gasteiger charge is 2.28. The molecule has 0 saturated carbocycles. The number of sulfonamides is 1. The van der Waals surface area contributed by atoms with Crippen molar-refractivity contribution in [2.45, 2.75) is 30.4 Å². The van der Waals surface area contributed by atoms with E-state index in [0.717, 1.165) is 19.6 Å². The number of rotatable bonds is 6. The summed E-state index contributed by atoms with van der Waals surface area (Å²) in [7, 11) is -3.24. The monoisotopic (exact) mass is 302 g/mol. The Morgan fingerprint density at radius 2 is 1.95 bits per heavy atom. The highest BCUT2D eigenvalue weighted by atomic mass is 32.2. The Bertz CT molecular complexity index is 463. The molecule has 4 nitrogen and oxygen atoms in total. The second-order valence-electron chi connectivity index (χ2n) is 4.88. The van der Waals surface area contributed by atoms with Crippen molar-refractivity contribution in [2.75, 3.05) is 32.7 Å². The fourth-order valence-corrected chi connectivity index (χ4v) is 4.88. The van der Waals surface area contributed by atoms with Gasteiger partial charge in [-0.05, 0) is 24.4 Å². The quantitative estimate of drug-likeness (QED) is 0.757. The fraction of sp³-hybridized carbons (Fsp3) is 0.692. The van der Waals surface area contributed by atoms with Crippen LogP contribution in [-0.2, 0) is 10.0 Å². The minimum atomic E-state index is -3.24. The summed E-state index contributed by atoms with van der Waals surface area (Å²) in [4.78, 5) is 2.37. The lowest BCUT2D eigenvalue weighted by molar-refractivity contribution is 0.185. The topological polar surface area (TPSA) is 40.6 Å². The summed E-state index contributed by atoms with van der Waals surface area (Å²) in [6, 6.07) is 3.48. The molecule has 1 aliphatic heterocycles. The first kappa shape index (κ1) is 15.0. The van der Waals surface area contributed by atoms with E-state index in [9.17, 15) is 8.42 Å². The first-order chi connectivity index (χ1) is 9.14. The van der Waals surface area contributed by atoms with Crippen molar-refractivity contribution in [1.29, 1.82) is 0 Å². The summed E-state index contributed by atoms with van der Waals surface area (Å²) in [5.41, 5.74) is 0. The summed E-state index contributed by atoms with van der Waals surface area (Å²) in [6.07, 6.45) is 3.70. The first-order valence-corrected chi connectivity index (χ1v) is 9.22. The summed E-state index contributed by atoms with van der Waals surface area (Å²) in [5.74, 6) is 0. The third-order valence-electron chi connectivity index (χ3n) is 3.50. The molecular formula is C13H22N2O2S2. The molecule has 0 unspecified atom stereocenters. The highest BCUT2D eigenvalue weighted by molar-refractivity contribution is 7.91. The van der Waals surface area contributed by atoms with Crippen LogP contribution in [0.5, 0.6) is 0 Å². The van der Waals surface area contributed by atoms with Crippen molar-refractivity contribution in [1.82, 2.24) is 9.21 Å². The van der Waals surface area contributed by atoms with E-state index in [4.69, 9.17) is 0 Å². The molecule has 1 saturated heterocycles. The Hall–Kier alpha value is -0.430. The molecule has 108 valence electrons. The van der Waals surface area contributed by atoms with Crippen molar-refractivity contribution in [3.8, 4) is 0 Å². The van der Waals surface area contributed by atoms with E-state index in [0.29, 0.717) is 17.3 Å². The lowest BCUT2D eigenvalue weighted by Crippen LogP contribution is -2.48. The van der Waals surface area contributed by atoms with Crippen LogP contribution in [0, 0.1) is 0 Å². The second-order valence-corrected chi connectivity index (χ2v) is 8.00. The van der Waals surface area contributed by atoms with Gasteiger partial charge in [0.25, 0.3) is 10.0 Å². The Morgan fingerprint density at radius 1 is 1.21 bits per heavy atom. The Balaban J connectivity index is 1.86.